The summed E-state index contributed by atoms with van der Waals surface area (Å²) in [6.45, 7) is 4.48. The lowest BCUT2D eigenvalue weighted by Crippen LogP contribution is -2.29. The molecule has 0 bridgehead atoms. The highest BCUT2D eigenvalue weighted by Gasteiger charge is 2.28. The van der Waals surface area contributed by atoms with Crippen molar-refractivity contribution in [3.05, 3.63) is 12.0 Å². The molecular weight excluding hydrogens is 235 g/mol. The number of halogens is 1. The normalized spacial score (nSPS) is 19.6. The van der Waals surface area contributed by atoms with Crippen molar-refractivity contribution in [3.8, 4) is 5.88 Å². The monoisotopic (exact) mass is 254 g/mol. The van der Waals surface area contributed by atoms with Gasteiger partial charge in [-0.1, -0.05) is 13.8 Å². The molecule has 0 aliphatic heterocycles. The van der Waals surface area contributed by atoms with E-state index in [1.54, 1.807) is 0 Å². The lowest BCUT2D eigenvalue weighted by molar-refractivity contribution is 0.0910. The minimum atomic E-state index is -0.557. The number of ether oxygens (including phenoxy) is 1. The van der Waals surface area contributed by atoms with Gasteiger partial charge in [-0.2, -0.15) is 9.37 Å². The SMILES string of the molecule is CC1(C)CCC(Oc2nc(NN)ncc2F)CC1. The Bertz CT molecular complexity index is 415. The van der Waals surface area contributed by atoms with E-state index in [1.807, 2.05) is 0 Å². The molecule has 0 radical (unpaired) electrons. The van der Waals surface area contributed by atoms with Crippen LogP contribution in [0.25, 0.3) is 0 Å². The maximum absolute atomic E-state index is 13.5. The second kappa shape index (κ2) is 5.06. The third-order valence-electron chi connectivity index (χ3n) is 3.41. The number of hydrazine groups is 1. The number of aromatic nitrogens is 2. The summed E-state index contributed by atoms with van der Waals surface area (Å²) in [5.41, 5.74) is 2.63. The van der Waals surface area contributed by atoms with E-state index in [0.29, 0.717) is 5.41 Å². The lowest BCUT2D eigenvalue weighted by atomic mass is 9.76. The van der Waals surface area contributed by atoms with Gasteiger partial charge in [-0.25, -0.2) is 10.8 Å². The Kier molecular flexibility index (Phi) is 3.65. The highest BCUT2D eigenvalue weighted by Crippen LogP contribution is 2.36. The topological polar surface area (TPSA) is 73.1 Å². The zero-order valence-electron chi connectivity index (χ0n) is 10.7. The number of hydrogen-bond donors (Lipinski definition) is 2. The first kappa shape index (κ1) is 13.0. The van der Waals surface area contributed by atoms with Gasteiger partial charge in [-0.15, -0.1) is 0 Å². The minimum Gasteiger partial charge on any atom is -0.472 e. The van der Waals surface area contributed by atoms with Gasteiger partial charge in [-0.05, 0) is 31.1 Å². The van der Waals surface area contributed by atoms with Gasteiger partial charge in [0.15, 0.2) is 0 Å². The Hall–Kier alpha value is -1.43. The number of nitrogens with one attached hydrogen (secondary N) is 1. The first-order chi connectivity index (χ1) is 8.50. The second-order valence-electron chi connectivity index (χ2n) is 5.47. The first-order valence-corrected chi connectivity index (χ1v) is 6.16. The zero-order valence-corrected chi connectivity index (χ0v) is 10.7. The van der Waals surface area contributed by atoms with Gasteiger partial charge in [0, 0.05) is 0 Å². The predicted molar refractivity (Wildman–Crippen MR) is 66.5 cm³/mol. The Balaban J connectivity index is 2.01. The van der Waals surface area contributed by atoms with Gasteiger partial charge in [0.1, 0.15) is 6.10 Å². The predicted octanol–water partition coefficient (Wildman–Crippen LogP) is 2.25. The lowest BCUT2D eigenvalue weighted by Gasteiger charge is -2.34. The zero-order chi connectivity index (χ0) is 13.2. The smallest absolute Gasteiger partial charge is 0.255 e. The number of nitrogens with two attached hydrogens (primary N) is 1. The quantitative estimate of drug-likeness (QED) is 0.639. The van der Waals surface area contributed by atoms with Gasteiger partial charge in [0.2, 0.25) is 11.8 Å². The van der Waals surface area contributed by atoms with Crippen LogP contribution in [0.5, 0.6) is 5.88 Å². The Morgan fingerprint density at radius 3 is 2.72 bits per heavy atom. The fourth-order valence-electron chi connectivity index (χ4n) is 2.15. The van der Waals surface area contributed by atoms with E-state index < -0.39 is 5.82 Å². The Morgan fingerprint density at radius 2 is 2.11 bits per heavy atom. The van der Waals surface area contributed by atoms with Crippen molar-refractivity contribution in [3.63, 3.8) is 0 Å². The molecule has 0 atom stereocenters. The van der Waals surface area contributed by atoms with E-state index in [9.17, 15) is 4.39 Å². The van der Waals surface area contributed by atoms with E-state index in [-0.39, 0.29) is 17.9 Å². The van der Waals surface area contributed by atoms with Crippen molar-refractivity contribution < 1.29 is 9.13 Å². The summed E-state index contributed by atoms with van der Waals surface area (Å²) in [7, 11) is 0. The maximum atomic E-state index is 13.5. The molecule has 2 rings (SSSR count). The van der Waals surface area contributed by atoms with Gasteiger partial charge < -0.3 is 4.74 Å². The van der Waals surface area contributed by atoms with Crippen molar-refractivity contribution >= 4 is 5.95 Å². The second-order valence-corrected chi connectivity index (χ2v) is 5.47. The molecule has 1 aromatic rings. The number of hydrogen-bond acceptors (Lipinski definition) is 5. The van der Waals surface area contributed by atoms with Crippen molar-refractivity contribution in [2.75, 3.05) is 5.43 Å². The van der Waals surface area contributed by atoms with Crippen LogP contribution in [0, 0.1) is 11.2 Å². The van der Waals surface area contributed by atoms with Crippen LogP contribution in [0.15, 0.2) is 6.20 Å². The molecule has 1 aliphatic carbocycles. The third-order valence-corrected chi connectivity index (χ3v) is 3.41. The highest BCUT2D eigenvalue weighted by atomic mass is 19.1. The molecule has 1 aromatic heterocycles. The maximum Gasteiger partial charge on any atom is 0.255 e. The standard InChI is InChI=1S/C12H19FN4O/c1-12(2)5-3-8(4-6-12)18-10-9(13)7-15-11(16-10)17-14/h7-8H,3-6,14H2,1-2H3,(H,15,16,17). The van der Waals surface area contributed by atoms with Crippen LogP contribution >= 0.6 is 0 Å². The summed E-state index contributed by atoms with van der Waals surface area (Å²) in [6.07, 6.45) is 5.07. The summed E-state index contributed by atoms with van der Waals surface area (Å²) in [5.74, 6) is 4.76. The molecule has 0 saturated heterocycles. The average Bonchev–Trinajstić information content (AvgIpc) is 2.34. The fourth-order valence-corrected chi connectivity index (χ4v) is 2.15. The van der Waals surface area contributed by atoms with Crippen LogP contribution in [-0.2, 0) is 0 Å². The van der Waals surface area contributed by atoms with Crippen LogP contribution < -0.4 is 16.0 Å². The third kappa shape index (κ3) is 3.07. The van der Waals surface area contributed by atoms with Crippen LogP contribution in [0.3, 0.4) is 0 Å². The molecule has 6 heteroatoms. The van der Waals surface area contributed by atoms with Gasteiger partial charge >= 0.3 is 0 Å². The molecule has 1 heterocycles. The molecule has 18 heavy (non-hydrogen) atoms. The molecule has 0 aromatic carbocycles. The van der Waals surface area contributed by atoms with Crippen molar-refractivity contribution in [1.29, 1.82) is 0 Å². The van der Waals surface area contributed by atoms with Crippen LogP contribution in [0.2, 0.25) is 0 Å². The Morgan fingerprint density at radius 1 is 1.44 bits per heavy atom. The number of anilines is 1. The van der Waals surface area contributed by atoms with Crippen LogP contribution in [0.4, 0.5) is 10.3 Å². The summed E-state index contributed by atoms with van der Waals surface area (Å²) >= 11 is 0. The molecule has 100 valence electrons. The summed E-state index contributed by atoms with van der Waals surface area (Å²) < 4.78 is 19.1. The molecule has 1 aliphatic rings. The van der Waals surface area contributed by atoms with Gasteiger partial charge in [-0.3, -0.25) is 5.43 Å². The fraction of sp³-hybridized carbons (Fsp3) is 0.667. The number of nitrogens with zero attached hydrogens (tertiary/aromatic N) is 2. The molecule has 0 spiro atoms. The molecule has 3 N–H and O–H groups in total. The molecule has 5 nitrogen and oxygen atoms in total. The summed E-state index contributed by atoms with van der Waals surface area (Å²) in [4.78, 5) is 7.55. The molecule has 0 amide bonds. The number of nitrogen functional groups attached to an aromatic ring is 1. The average molecular weight is 254 g/mol. The van der Waals surface area contributed by atoms with Crippen LogP contribution in [-0.4, -0.2) is 16.1 Å². The molecule has 0 unspecified atom stereocenters. The van der Waals surface area contributed by atoms with Gasteiger partial charge in [0.05, 0.1) is 6.20 Å². The van der Waals surface area contributed by atoms with E-state index >= 15 is 0 Å². The largest absolute Gasteiger partial charge is 0.472 e. The highest BCUT2D eigenvalue weighted by molar-refractivity contribution is 5.26. The van der Waals surface area contributed by atoms with Crippen LogP contribution in [0.1, 0.15) is 39.5 Å². The molecule has 1 saturated carbocycles. The molecule has 1 fully saturated rings. The van der Waals surface area contributed by atoms with Crippen molar-refractivity contribution in [2.45, 2.75) is 45.6 Å². The first-order valence-electron chi connectivity index (χ1n) is 6.16. The Labute approximate surface area is 106 Å². The van der Waals surface area contributed by atoms with Crippen molar-refractivity contribution in [1.82, 2.24) is 9.97 Å². The van der Waals surface area contributed by atoms with E-state index in [0.717, 1.165) is 31.9 Å². The van der Waals surface area contributed by atoms with Gasteiger partial charge in [0.25, 0.3) is 5.88 Å². The number of rotatable bonds is 3. The van der Waals surface area contributed by atoms with E-state index in [4.69, 9.17) is 10.6 Å². The molecular formula is C12H19FN4O. The minimum absolute atomic E-state index is 0.0213. The summed E-state index contributed by atoms with van der Waals surface area (Å²) in [6, 6.07) is 0. The summed E-state index contributed by atoms with van der Waals surface area (Å²) in [5, 5.41) is 0. The van der Waals surface area contributed by atoms with E-state index in [2.05, 4.69) is 29.2 Å². The van der Waals surface area contributed by atoms with Crippen molar-refractivity contribution in [2.24, 2.45) is 11.3 Å². The van der Waals surface area contributed by atoms with E-state index in [1.165, 1.54) is 0 Å².